The highest BCUT2D eigenvalue weighted by Crippen LogP contribution is 2.30. The molecule has 1 N–H and O–H groups in total. The Kier molecular flexibility index (Phi) is 3.99. The number of ether oxygens (including phenoxy) is 2. The molecule has 1 aromatic heterocycles. The highest BCUT2D eigenvalue weighted by atomic mass is 16.6. The van der Waals surface area contributed by atoms with E-state index in [0.29, 0.717) is 30.2 Å². The fourth-order valence-corrected chi connectivity index (χ4v) is 2.54. The highest BCUT2D eigenvalue weighted by molar-refractivity contribution is 5.94. The standard InChI is InChI=1S/C17H15N5O3/c23-17(12-4-3-5-13(8-12)22-11-19-20-21-22)18-9-14-10-24-15-6-1-2-7-16(15)25-14/h1-8,11,14H,9-10H2,(H,18,23)/t14-/m0/s1. The molecule has 1 aliphatic heterocycles. The van der Waals surface area contributed by atoms with E-state index >= 15 is 0 Å². The Labute approximate surface area is 143 Å². The fourth-order valence-electron chi connectivity index (χ4n) is 2.54. The Morgan fingerprint density at radius 2 is 2.08 bits per heavy atom. The number of tetrazole rings is 1. The van der Waals surface area contributed by atoms with Crippen LogP contribution in [0.1, 0.15) is 10.4 Å². The molecule has 0 fully saturated rings. The number of hydrogen-bond acceptors (Lipinski definition) is 6. The van der Waals surface area contributed by atoms with Crippen LogP contribution in [-0.4, -0.2) is 45.4 Å². The van der Waals surface area contributed by atoms with Crippen LogP contribution in [0.4, 0.5) is 0 Å². The summed E-state index contributed by atoms with van der Waals surface area (Å²) < 4.78 is 13.0. The summed E-state index contributed by atoms with van der Waals surface area (Å²) in [7, 11) is 0. The lowest BCUT2D eigenvalue weighted by Gasteiger charge is -2.26. The SMILES string of the molecule is O=C(NC[C@H]1COc2ccccc2O1)c1cccc(-n2cnnn2)c1. The summed E-state index contributed by atoms with van der Waals surface area (Å²) in [6, 6.07) is 14.5. The smallest absolute Gasteiger partial charge is 0.251 e. The lowest BCUT2D eigenvalue weighted by molar-refractivity contribution is 0.0789. The minimum atomic E-state index is -0.235. The zero-order chi connectivity index (χ0) is 17.1. The van der Waals surface area contributed by atoms with Gasteiger partial charge in [-0.1, -0.05) is 18.2 Å². The number of nitrogens with zero attached hydrogens (tertiary/aromatic N) is 4. The first-order chi connectivity index (χ1) is 12.3. The van der Waals surface area contributed by atoms with E-state index in [0.717, 1.165) is 5.75 Å². The minimum absolute atomic E-state index is 0.197. The van der Waals surface area contributed by atoms with Crippen molar-refractivity contribution in [2.24, 2.45) is 0 Å². The Morgan fingerprint density at radius 1 is 1.20 bits per heavy atom. The maximum absolute atomic E-state index is 12.4. The maximum Gasteiger partial charge on any atom is 0.251 e. The zero-order valence-corrected chi connectivity index (χ0v) is 13.2. The minimum Gasteiger partial charge on any atom is -0.486 e. The molecule has 0 saturated heterocycles. The van der Waals surface area contributed by atoms with E-state index in [1.807, 2.05) is 30.3 Å². The van der Waals surface area contributed by atoms with Crippen molar-refractivity contribution in [3.8, 4) is 17.2 Å². The van der Waals surface area contributed by atoms with Gasteiger partial charge in [-0.15, -0.1) is 5.10 Å². The molecule has 3 aromatic rings. The van der Waals surface area contributed by atoms with Crippen molar-refractivity contribution in [3.05, 3.63) is 60.4 Å². The summed E-state index contributed by atoms with van der Waals surface area (Å²) in [6.45, 7) is 0.740. The van der Waals surface area contributed by atoms with Crippen LogP contribution in [0.2, 0.25) is 0 Å². The van der Waals surface area contributed by atoms with Crippen molar-refractivity contribution in [1.29, 1.82) is 0 Å². The maximum atomic E-state index is 12.4. The highest BCUT2D eigenvalue weighted by Gasteiger charge is 2.21. The van der Waals surface area contributed by atoms with Gasteiger partial charge in [0.1, 0.15) is 19.0 Å². The number of rotatable bonds is 4. The van der Waals surface area contributed by atoms with E-state index in [4.69, 9.17) is 9.47 Å². The summed E-state index contributed by atoms with van der Waals surface area (Å²) >= 11 is 0. The third-order valence-electron chi connectivity index (χ3n) is 3.78. The van der Waals surface area contributed by atoms with Crippen LogP contribution in [0.3, 0.4) is 0 Å². The van der Waals surface area contributed by atoms with E-state index in [1.54, 1.807) is 18.2 Å². The summed E-state index contributed by atoms with van der Waals surface area (Å²) in [5.74, 6) is 1.21. The number of fused-ring (bicyclic) bond motifs is 1. The molecule has 0 aliphatic carbocycles. The van der Waals surface area contributed by atoms with E-state index in [1.165, 1.54) is 11.0 Å². The predicted octanol–water partition coefficient (Wildman–Crippen LogP) is 1.23. The average molecular weight is 337 g/mol. The molecule has 1 aliphatic rings. The van der Waals surface area contributed by atoms with Gasteiger partial charge in [-0.25, -0.2) is 4.68 Å². The van der Waals surface area contributed by atoms with Crippen molar-refractivity contribution in [2.75, 3.05) is 13.2 Å². The van der Waals surface area contributed by atoms with E-state index in [9.17, 15) is 4.79 Å². The van der Waals surface area contributed by atoms with Gasteiger partial charge in [-0.3, -0.25) is 4.79 Å². The lowest BCUT2D eigenvalue weighted by Crippen LogP contribution is -2.40. The molecule has 1 atom stereocenters. The molecule has 126 valence electrons. The number of carbonyl (C=O) groups is 1. The molecule has 0 spiro atoms. The van der Waals surface area contributed by atoms with E-state index < -0.39 is 0 Å². The monoisotopic (exact) mass is 337 g/mol. The topological polar surface area (TPSA) is 91.2 Å². The quantitative estimate of drug-likeness (QED) is 0.770. The van der Waals surface area contributed by atoms with Crippen molar-refractivity contribution in [2.45, 2.75) is 6.10 Å². The average Bonchev–Trinajstić information content (AvgIpc) is 3.21. The molecule has 2 heterocycles. The van der Waals surface area contributed by atoms with Gasteiger partial charge < -0.3 is 14.8 Å². The van der Waals surface area contributed by atoms with Gasteiger partial charge in [-0.05, 0) is 40.8 Å². The largest absolute Gasteiger partial charge is 0.486 e. The Morgan fingerprint density at radius 3 is 2.92 bits per heavy atom. The summed E-state index contributed by atoms with van der Waals surface area (Å²) in [5, 5.41) is 13.9. The van der Waals surface area contributed by atoms with Crippen molar-refractivity contribution in [3.63, 3.8) is 0 Å². The molecule has 25 heavy (non-hydrogen) atoms. The molecule has 8 heteroatoms. The summed E-state index contributed by atoms with van der Waals surface area (Å²) in [5.41, 5.74) is 1.23. The van der Waals surface area contributed by atoms with E-state index in [2.05, 4.69) is 20.8 Å². The molecule has 1 amide bonds. The molecule has 2 aromatic carbocycles. The number of nitrogens with one attached hydrogen (secondary N) is 1. The van der Waals surface area contributed by atoms with Gasteiger partial charge in [0.25, 0.3) is 5.91 Å². The summed E-state index contributed by atoms with van der Waals surface area (Å²) in [6.07, 6.45) is 1.24. The number of aromatic nitrogens is 4. The number of hydrogen-bond donors (Lipinski definition) is 1. The zero-order valence-electron chi connectivity index (χ0n) is 13.2. The Balaban J connectivity index is 1.39. The fraction of sp³-hybridized carbons (Fsp3) is 0.176. The number of carbonyl (C=O) groups excluding carboxylic acids is 1. The second kappa shape index (κ2) is 6.60. The van der Waals surface area contributed by atoms with Crippen LogP contribution >= 0.6 is 0 Å². The molecule has 8 nitrogen and oxygen atoms in total. The van der Waals surface area contributed by atoms with Gasteiger partial charge in [0.05, 0.1) is 12.2 Å². The van der Waals surface area contributed by atoms with Gasteiger partial charge in [0, 0.05) is 5.56 Å². The van der Waals surface area contributed by atoms with Crippen LogP contribution in [-0.2, 0) is 0 Å². The summed E-state index contributed by atoms with van der Waals surface area (Å²) in [4.78, 5) is 12.4. The van der Waals surface area contributed by atoms with Crippen LogP contribution < -0.4 is 14.8 Å². The first-order valence-electron chi connectivity index (χ1n) is 7.80. The molecule has 0 bridgehead atoms. The van der Waals surface area contributed by atoms with Crippen molar-refractivity contribution in [1.82, 2.24) is 25.5 Å². The van der Waals surface area contributed by atoms with E-state index in [-0.39, 0.29) is 12.0 Å². The molecule has 0 saturated carbocycles. The third-order valence-corrected chi connectivity index (χ3v) is 3.78. The molecular formula is C17H15N5O3. The van der Waals surface area contributed by atoms with Gasteiger partial charge in [0.15, 0.2) is 11.5 Å². The van der Waals surface area contributed by atoms with Gasteiger partial charge in [0.2, 0.25) is 0 Å². The number of para-hydroxylation sites is 2. The first kappa shape index (κ1) is 15.1. The van der Waals surface area contributed by atoms with Gasteiger partial charge >= 0.3 is 0 Å². The van der Waals surface area contributed by atoms with Gasteiger partial charge in [-0.2, -0.15) is 0 Å². The molecular weight excluding hydrogens is 322 g/mol. The van der Waals surface area contributed by atoms with Crippen LogP contribution in [0.15, 0.2) is 54.9 Å². The second-order valence-electron chi connectivity index (χ2n) is 5.51. The molecule has 4 rings (SSSR count). The predicted molar refractivity (Wildman–Crippen MR) is 87.8 cm³/mol. The van der Waals surface area contributed by atoms with Crippen LogP contribution in [0.5, 0.6) is 11.5 Å². The number of amides is 1. The van der Waals surface area contributed by atoms with Crippen LogP contribution in [0.25, 0.3) is 5.69 Å². The van der Waals surface area contributed by atoms with Crippen molar-refractivity contribution < 1.29 is 14.3 Å². The van der Waals surface area contributed by atoms with Crippen molar-refractivity contribution >= 4 is 5.91 Å². The third kappa shape index (κ3) is 3.27. The first-order valence-corrected chi connectivity index (χ1v) is 7.80. The number of benzene rings is 2. The Bertz CT molecular complexity index is 882. The van der Waals surface area contributed by atoms with Crippen LogP contribution in [0, 0.1) is 0 Å². The molecule has 0 radical (unpaired) electrons. The second-order valence-corrected chi connectivity index (χ2v) is 5.51. The normalized spacial score (nSPS) is 15.6. The lowest BCUT2D eigenvalue weighted by atomic mass is 10.2. The molecule has 0 unspecified atom stereocenters. The Hall–Kier alpha value is -3.42.